The molecule has 0 aromatic heterocycles. The first kappa shape index (κ1) is 15.5. The summed E-state index contributed by atoms with van der Waals surface area (Å²) in [6.45, 7) is 7.93. The van der Waals surface area contributed by atoms with Gasteiger partial charge >= 0.3 is 5.97 Å². The summed E-state index contributed by atoms with van der Waals surface area (Å²) in [4.78, 5) is 12.2. The first-order valence-electron chi connectivity index (χ1n) is 6.52. The van der Waals surface area contributed by atoms with Crippen molar-refractivity contribution in [1.82, 2.24) is 0 Å². The summed E-state index contributed by atoms with van der Waals surface area (Å²) in [6.07, 6.45) is 0.449. The highest BCUT2D eigenvalue weighted by Gasteiger charge is 2.38. The molecule has 1 rings (SSSR count). The number of hydrogen-bond acceptors (Lipinski definition) is 4. The molecular weight excluding hydrogens is 242 g/mol. The third-order valence-electron chi connectivity index (χ3n) is 3.49. The van der Waals surface area contributed by atoms with Gasteiger partial charge in [0.1, 0.15) is 11.3 Å². The van der Waals surface area contributed by atoms with Crippen molar-refractivity contribution in [2.75, 3.05) is 13.7 Å². The molecule has 0 bridgehead atoms. The van der Waals surface area contributed by atoms with E-state index in [0.717, 1.165) is 11.1 Å². The van der Waals surface area contributed by atoms with Crippen LogP contribution in [0.2, 0.25) is 0 Å². The number of carbonyl (C=O) groups excluding carboxylic acids is 1. The van der Waals surface area contributed by atoms with Crippen LogP contribution in [0, 0.1) is 13.8 Å². The van der Waals surface area contributed by atoms with E-state index in [1.54, 1.807) is 14.0 Å². The van der Waals surface area contributed by atoms with Gasteiger partial charge in [-0.05, 0) is 50.5 Å². The smallest absolute Gasteiger partial charge is 0.330 e. The number of benzene rings is 1. The van der Waals surface area contributed by atoms with Crippen LogP contribution >= 0.6 is 0 Å². The Morgan fingerprint density at radius 3 is 2.32 bits per heavy atom. The van der Waals surface area contributed by atoms with Crippen molar-refractivity contribution in [2.24, 2.45) is 5.73 Å². The first-order valence-corrected chi connectivity index (χ1v) is 6.52. The van der Waals surface area contributed by atoms with E-state index in [9.17, 15) is 4.79 Å². The molecule has 1 aromatic rings. The van der Waals surface area contributed by atoms with E-state index in [1.165, 1.54) is 0 Å². The molecule has 1 aromatic carbocycles. The first-order chi connectivity index (χ1) is 8.90. The van der Waals surface area contributed by atoms with E-state index in [4.69, 9.17) is 15.2 Å². The molecule has 0 radical (unpaired) electrons. The monoisotopic (exact) mass is 265 g/mol. The van der Waals surface area contributed by atoms with E-state index in [2.05, 4.69) is 0 Å². The highest BCUT2D eigenvalue weighted by atomic mass is 16.5. The molecule has 0 aliphatic heterocycles. The molecule has 0 aliphatic carbocycles. The van der Waals surface area contributed by atoms with Gasteiger partial charge in [-0.3, -0.25) is 0 Å². The van der Waals surface area contributed by atoms with Gasteiger partial charge in [-0.1, -0.05) is 6.92 Å². The molecule has 0 spiro atoms. The molecule has 0 fully saturated rings. The van der Waals surface area contributed by atoms with Crippen molar-refractivity contribution in [3.8, 4) is 5.75 Å². The van der Waals surface area contributed by atoms with Crippen molar-refractivity contribution in [2.45, 2.75) is 39.7 Å². The number of aryl methyl sites for hydroxylation is 2. The summed E-state index contributed by atoms with van der Waals surface area (Å²) in [5.74, 6) is 0.208. The number of hydrogen-bond donors (Lipinski definition) is 1. The average Bonchev–Trinajstić information content (AvgIpc) is 2.40. The Kier molecular flexibility index (Phi) is 4.95. The zero-order valence-corrected chi connectivity index (χ0v) is 12.4. The Balaban J connectivity index is 3.39. The second-order valence-electron chi connectivity index (χ2n) is 4.68. The molecular formula is C15H23NO3. The molecule has 4 nitrogen and oxygen atoms in total. The standard InChI is InChI=1S/C15H23NO3/c1-6-15(16,14(17)19-7-2)12-8-10(3)11(4)9-13(12)18-5/h8-9H,6-7,16H2,1-5H3. The Labute approximate surface area is 114 Å². The molecule has 0 saturated heterocycles. The van der Waals surface area contributed by atoms with Gasteiger partial charge in [-0.15, -0.1) is 0 Å². The van der Waals surface area contributed by atoms with Gasteiger partial charge < -0.3 is 15.2 Å². The molecule has 1 atom stereocenters. The van der Waals surface area contributed by atoms with Crippen LogP contribution in [0.3, 0.4) is 0 Å². The fraction of sp³-hybridized carbons (Fsp3) is 0.533. The SMILES string of the molecule is CCOC(=O)C(N)(CC)c1cc(C)c(C)cc1OC. The quantitative estimate of drug-likeness (QED) is 0.831. The van der Waals surface area contributed by atoms with Crippen molar-refractivity contribution in [3.05, 3.63) is 28.8 Å². The number of nitrogens with two attached hydrogens (primary N) is 1. The molecule has 0 saturated carbocycles. The third-order valence-corrected chi connectivity index (χ3v) is 3.49. The minimum atomic E-state index is -1.17. The maximum absolute atomic E-state index is 12.2. The lowest BCUT2D eigenvalue weighted by atomic mass is 9.85. The van der Waals surface area contributed by atoms with Gasteiger partial charge in [-0.2, -0.15) is 0 Å². The minimum absolute atomic E-state index is 0.310. The molecule has 0 amide bonds. The van der Waals surface area contributed by atoms with E-state index >= 15 is 0 Å². The summed E-state index contributed by atoms with van der Waals surface area (Å²) in [5, 5.41) is 0. The number of rotatable bonds is 5. The fourth-order valence-corrected chi connectivity index (χ4v) is 2.01. The van der Waals surface area contributed by atoms with Crippen molar-refractivity contribution < 1.29 is 14.3 Å². The number of methoxy groups -OCH3 is 1. The number of carbonyl (C=O) groups is 1. The van der Waals surface area contributed by atoms with Gasteiger partial charge in [0.05, 0.1) is 13.7 Å². The second-order valence-corrected chi connectivity index (χ2v) is 4.68. The Morgan fingerprint density at radius 1 is 1.26 bits per heavy atom. The Hall–Kier alpha value is -1.55. The van der Waals surface area contributed by atoms with E-state index in [1.807, 2.05) is 32.9 Å². The third kappa shape index (κ3) is 2.89. The highest BCUT2D eigenvalue weighted by Crippen LogP contribution is 2.34. The summed E-state index contributed by atoms with van der Waals surface area (Å²) in [7, 11) is 1.58. The van der Waals surface area contributed by atoms with Crippen molar-refractivity contribution in [3.63, 3.8) is 0 Å². The van der Waals surface area contributed by atoms with Crippen LogP contribution in [0.1, 0.15) is 37.0 Å². The number of esters is 1. The molecule has 19 heavy (non-hydrogen) atoms. The van der Waals surface area contributed by atoms with Crippen LogP contribution in [0.15, 0.2) is 12.1 Å². The van der Waals surface area contributed by atoms with Gasteiger partial charge in [0.25, 0.3) is 0 Å². The molecule has 106 valence electrons. The normalized spacial score (nSPS) is 13.8. The summed E-state index contributed by atoms with van der Waals surface area (Å²) in [6, 6.07) is 3.82. The maximum atomic E-state index is 12.2. The zero-order valence-electron chi connectivity index (χ0n) is 12.4. The van der Waals surface area contributed by atoms with Crippen LogP contribution < -0.4 is 10.5 Å². The molecule has 2 N–H and O–H groups in total. The lowest BCUT2D eigenvalue weighted by Crippen LogP contribution is -2.46. The van der Waals surface area contributed by atoms with Crippen LogP contribution in [-0.2, 0) is 15.1 Å². The van der Waals surface area contributed by atoms with Crippen molar-refractivity contribution >= 4 is 5.97 Å². The summed E-state index contributed by atoms with van der Waals surface area (Å²) in [5.41, 5.74) is 7.97. The Bertz CT molecular complexity index is 471. The molecule has 0 aliphatic rings. The number of ether oxygens (including phenoxy) is 2. The van der Waals surface area contributed by atoms with Gasteiger partial charge in [-0.25, -0.2) is 4.79 Å². The van der Waals surface area contributed by atoms with Gasteiger partial charge in [0, 0.05) is 5.56 Å². The molecule has 1 unspecified atom stereocenters. The van der Waals surface area contributed by atoms with Crippen LogP contribution in [0.4, 0.5) is 0 Å². The largest absolute Gasteiger partial charge is 0.496 e. The maximum Gasteiger partial charge on any atom is 0.330 e. The predicted molar refractivity (Wildman–Crippen MR) is 75.3 cm³/mol. The highest BCUT2D eigenvalue weighted by molar-refractivity contribution is 5.83. The Morgan fingerprint density at radius 2 is 1.84 bits per heavy atom. The summed E-state index contributed by atoms with van der Waals surface area (Å²) >= 11 is 0. The van der Waals surface area contributed by atoms with Crippen LogP contribution in [-0.4, -0.2) is 19.7 Å². The zero-order chi connectivity index (χ0) is 14.6. The fourth-order valence-electron chi connectivity index (χ4n) is 2.01. The lowest BCUT2D eigenvalue weighted by molar-refractivity contribution is -0.150. The van der Waals surface area contributed by atoms with E-state index in [0.29, 0.717) is 24.3 Å². The predicted octanol–water partition coefficient (Wildman–Crippen LogP) is 2.44. The van der Waals surface area contributed by atoms with E-state index < -0.39 is 11.5 Å². The van der Waals surface area contributed by atoms with Gasteiger partial charge in [0.2, 0.25) is 0 Å². The molecule has 4 heteroatoms. The topological polar surface area (TPSA) is 61.5 Å². The molecule has 0 heterocycles. The minimum Gasteiger partial charge on any atom is -0.496 e. The van der Waals surface area contributed by atoms with Crippen LogP contribution in [0.5, 0.6) is 5.75 Å². The van der Waals surface area contributed by atoms with Gasteiger partial charge in [0.15, 0.2) is 0 Å². The summed E-state index contributed by atoms with van der Waals surface area (Å²) < 4.78 is 10.5. The second kappa shape index (κ2) is 6.06. The van der Waals surface area contributed by atoms with Crippen LogP contribution in [0.25, 0.3) is 0 Å². The van der Waals surface area contributed by atoms with E-state index in [-0.39, 0.29) is 0 Å². The van der Waals surface area contributed by atoms with Crippen molar-refractivity contribution in [1.29, 1.82) is 0 Å². The average molecular weight is 265 g/mol. The lowest BCUT2D eigenvalue weighted by Gasteiger charge is -2.28.